The number of nitrogens with zero attached hydrogens (tertiary/aromatic N) is 4. The Bertz CT molecular complexity index is 829. The van der Waals surface area contributed by atoms with Gasteiger partial charge in [-0.25, -0.2) is 0 Å². The first-order valence-corrected chi connectivity index (χ1v) is 10.3. The molecule has 2 aliphatic rings. The number of hydrogen-bond donors (Lipinski definition) is 2. The highest BCUT2D eigenvalue weighted by Crippen LogP contribution is 2.35. The number of amides is 2. The van der Waals surface area contributed by atoms with Gasteiger partial charge in [0, 0.05) is 63.0 Å². The van der Waals surface area contributed by atoms with Gasteiger partial charge in [0.25, 0.3) is 5.91 Å². The Morgan fingerprint density at radius 2 is 2.03 bits per heavy atom. The Morgan fingerprint density at radius 3 is 2.72 bits per heavy atom. The van der Waals surface area contributed by atoms with E-state index in [9.17, 15) is 9.59 Å². The molecule has 29 heavy (non-hydrogen) atoms. The average molecular weight is 400 g/mol. The van der Waals surface area contributed by atoms with Crippen LogP contribution in [0.3, 0.4) is 0 Å². The van der Waals surface area contributed by atoms with Crippen LogP contribution < -0.4 is 10.6 Å². The summed E-state index contributed by atoms with van der Waals surface area (Å²) in [6.45, 7) is 2.07. The topological polar surface area (TPSA) is 105 Å². The van der Waals surface area contributed by atoms with Gasteiger partial charge in [0.2, 0.25) is 5.91 Å². The molecule has 2 aromatic rings. The predicted octanol–water partition coefficient (Wildman–Crippen LogP) is 1.09. The molecule has 2 fully saturated rings. The molecule has 2 amide bonds. The van der Waals surface area contributed by atoms with E-state index in [1.54, 1.807) is 16.9 Å². The second-order valence-corrected chi connectivity index (χ2v) is 8.12. The van der Waals surface area contributed by atoms with E-state index in [0.717, 1.165) is 30.9 Å². The van der Waals surface area contributed by atoms with Gasteiger partial charge in [-0.05, 0) is 31.6 Å². The van der Waals surface area contributed by atoms with Gasteiger partial charge < -0.3 is 15.2 Å². The highest BCUT2D eigenvalue weighted by Gasteiger charge is 2.38. The van der Waals surface area contributed by atoms with E-state index >= 15 is 0 Å². The minimum Gasteiger partial charge on any atom is -0.364 e. The first kappa shape index (κ1) is 19.6. The molecule has 0 bridgehead atoms. The first-order valence-electron chi connectivity index (χ1n) is 10.3. The van der Waals surface area contributed by atoms with Crippen LogP contribution in [0, 0.1) is 5.92 Å². The number of rotatable bonds is 9. The monoisotopic (exact) mass is 400 g/mol. The van der Waals surface area contributed by atoms with Crippen LogP contribution in [-0.2, 0) is 18.4 Å². The molecule has 9 heteroatoms. The molecule has 1 saturated carbocycles. The van der Waals surface area contributed by atoms with E-state index in [2.05, 4.69) is 25.8 Å². The van der Waals surface area contributed by atoms with Crippen LogP contribution >= 0.6 is 0 Å². The maximum absolute atomic E-state index is 12.5. The Hall–Kier alpha value is -2.68. The summed E-state index contributed by atoms with van der Waals surface area (Å²) < 4.78 is 6.47. The van der Waals surface area contributed by atoms with Crippen molar-refractivity contribution < 1.29 is 14.1 Å². The van der Waals surface area contributed by atoms with Crippen molar-refractivity contribution in [1.82, 2.24) is 30.5 Å². The predicted molar refractivity (Wildman–Crippen MR) is 105 cm³/mol. The molecule has 9 nitrogen and oxygen atoms in total. The lowest BCUT2D eigenvalue weighted by atomic mass is 10.1. The first-order chi connectivity index (χ1) is 14.1. The largest absolute Gasteiger partial charge is 0.364 e. The van der Waals surface area contributed by atoms with Crippen LogP contribution in [0.4, 0.5) is 0 Å². The third-order valence-electron chi connectivity index (χ3n) is 5.77. The Kier molecular flexibility index (Phi) is 5.94. The molecule has 1 saturated heterocycles. The van der Waals surface area contributed by atoms with Gasteiger partial charge in [0.15, 0.2) is 5.69 Å². The Balaban J connectivity index is 1.29. The zero-order chi connectivity index (χ0) is 20.2. The van der Waals surface area contributed by atoms with E-state index in [-0.39, 0.29) is 23.9 Å². The molecule has 0 aromatic carbocycles. The molecule has 0 spiro atoms. The lowest BCUT2D eigenvalue weighted by molar-refractivity contribution is -0.122. The molecule has 1 aliphatic heterocycles. The van der Waals surface area contributed by atoms with Gasteiger partial charge in [-0.3, -0.25) is 19.2 Å². The van der Waals surface area contributed by atoms with Crippen LogP contribution in [0.25, 0.3) is 0 Å². The van der Waals surface area contributed by atoms with Crippen molar-refractivity contribution >= 4 is 11.8 Å². The van der Waals surface area contributed by atoms with Gasteiger partial charge in [-0.2, -0.15) is 5.10 Å². The zero-order valence-corrected chi connectivity index (χ0v) is 16.7. The lowest BCUT2D eigenvalue weighted by Gasteiger charge is -2.30. The minimum atomic E-state index is -0.220. The molecular weight excluding hydrogens is 372 g/mol. The standard InChI is InChI=1S/C20H28N6O3/c1-25-12-15(10-23-25)9-21-19(27)8-16-4-5-17(26(16)13-14-2-3-14)11-22-20(28)18-6-7-29-24-18/h6-7,10,12,14,16-17H,2-5,8-9,11,13H2,1H3,(H,21,27)(H,22,28)/t16-,17+/m1/s1. The number of carbonyl (C=O) groups is 2. The maximum atomic E-state index is 12.5. The lowest BCUT2D eigenvalue weighted by Crippen LogP contribution is -2.45. The van der Waals surface area contributed by atoms with Crippen LogP contribution in [0.1, 0.15) is 48.2 Å². The summed E-state index contributed by atoms with van der Waals surface area (Å²) in [6, 6.07) is 2.03. The zero-order valence-electron chi connectivity index (χ0n) is 16.7. The van der Waals surface area contributed by atoms with Gasteiger partial charge in [0.1, 0.15) is 6.26 Å². The molecule has 156 valence electrons. The molecule has 3 heterocycles. The van der Waals surface area contributed by atoms with E-state index < -0.39 is 0 Å². The SMILES string of the molecule is Cn1cc(CNC(=O)C[C@H]2CC[C@@H](CNC(=O)c3ccon3)N2CC2CC2)cn1. The Labute approximate surface area is 169 Å². The molecule has 0 unspecified atom stereocenters. The van der Waals surface area contributed by atoms with E-state index in [1.165, 1.54) is 19.1 Å². The number of hydrogen-bond acceptors (Lipinski definition) is 6. The van der Waals surface area contributed by atoms with Crippen molar-refractivity contribution in [3.05, 3.63) is 36.0 Å². The van der Waals surface area contributed by atoms with Crippen LogP contribution in [0.2, 0.25) is 0 Å². The van der Waals surface area contributed by atoms with Gasteiger partial charge in [-0.1, -0.05) is 5.16 Å². The van der Waals surface area contributed by atoms with Crippen LogP contribution in [0.5, 0.6) is 0 Å². The van der Waals surface area contributed by atoms with Crippen LogP contribution in [0.15, 0.2) is 29.2 Å². The third kappa shape index (κ3) is 5.23. The van der Waals surface area contributed by atoms with Gasteiger partial charge in [0.05, 0.1) is 6.20 Å². The third-order valence-corrected chi connectivity index (χ3v) is 5.77. The summed E-state index contributed by atoms with van der Waals surface area (Å²) >= 11 is 0. The quantitative estimate of drug-likeness (QED) is 0.653. The summed E-state index contributed by atoms with van der Waals surface area (Å²) in [7, 11) is 1.86. The summed E-state index contributed by atoms with van der Waals surface area (Å²) in [5, 5.41) is 13.8. The number of carbonyl (C=O) groups excluding carboxylic acids is 2. The molecular formula is C20H28N6O3. The van der Waals surface area contributed by atoms with Gasteiger partial charge in [-0.15, -0.1) is 0 Å². The fraction of sp³-hybridized carbons (Fsp3) is 0.600. The molecule has 1 aliphatic carbocycles. The normalized spacial score (nSPS) is 22.0. The Morgan fingerprint density at radius 1 is 1.21 bits per heavy atom. The maximum Gasteiger partial charge on any atom is 0.273 e. The van der Waals surface area contributed by atoms with Crippen LogP contribution in [-0.4, -0.2) is 56.8 Å². The van der Waals surface area contributed by atoms with Crippen molar-refractivity contribution in [3.8, 4) is 0 Å². The van der Waals surface area contributed by atoms with E-state index in [0.29, 0.717) is 25.2 Å². The molecule has 2 aromatic heterocycles. The highest BCUT2D eigenvalue weighted by molar-refractivity contribution is 5.91. The van der Waals surface area contributed by atoms with Crippen molar-refractivity contribution in [2.45, 2.75) is 50.7 Å². The number of nitrogens with one attached hydrogen (secondary N) is 2. The van der Waals surface area contributed by atoms with E-state index in [4.69, 9.17) is 4.52 Å². The van der Waals surface area contributed by atoms with Crippen molar-refractivity contribution in [2.75, 3.05) is 13.1 Å². The number of likely N-dealkylation sites (tertiary alicyclic amines) is 1. The van der Waals surface area contributed by atoms with E-state index in [1.807, 2.05) is 13.2 Å². The second kappa shape index (κ2) is 8.77. The smallest absolute Gasteiger partial charge is 0.273 e. The molecule has 2 N–H and O–H groups in total. The van der Waals surface area contributed by atoms with Crippen molar-refractivity contribution in [2.24, 2.45) is 13.0 Å². The molecule has 4 rings (SSSR count). The molecule has 0 radical (unpaired) electrons. The fourth-order valence-electron chi connectivity index (χ4n) is 4.03. The fourth-order valence-corrected chi connectivity index (χ4v) is 4.03. The van der Waals surface area contributed by atoms with Gasteiger partial charge >= 0.3 is 0 Å². The average Bonchev–Trinajstić information content (AvgIpc) is 3.09. The summed E-state index contributed by atoms with van der Waals surface area (Å²) in [5.74, 6) is 0.567. The summed E-state index contributed by atoms with van der Waals surface area (Å²) in [6.07, 6.45) is 10.0. The minimum absolute atomic E-state index is 0.0620. The second-order valence-electron chi connectivity index (χ2n) is 8.12. The highest BCUT2D eigenvalue weighted by atomic mass is 16.5. The van der Waals surface area contributed by atoms with Crippen molar-refractivity contribution in [3.63, 3.8) is 0 Å². The number of aromatic nitrogens is 3. The molecule has 2 atom stereocenters. The van der Waals surface area contributed by atoms with Crippen molar-refractivity contribution in [1.29, 1.82) is 0 Å². The number of aryl methyl sites for hydroxylation is 1. The summed E-state index contributed by atoms with van der Waals surface area (Å²) in [4.78, 5) is 27.1. The summed E-state index contributed by atoms with van der Waals surface area (Å²) in [5.41, 5.74) is 1.29.